The zero-order valence-corrected chi connectivity index (χ0v) is 13.1. The maximum absolute atomic E-state index is 10.9. The highest BCUT2D eigenvalue weighted by atomic mass is 127. The van der Waals surface area contributed by atoms with E-state index in [0.29, 0.717) is 18.3 Å². The van der Waals surface area contributed by atoms with E-state index < -0.39 is 5.91 Å². The van der Waals surface area contributed by atoms with Crippen LogP contribution in [0.15, 0.2) is 21.5 Å². The summed E-state index contributed by atoms with van der Waals surface area (Å²) in [6.07, 6.45) is 2.38. The molecule has 2 rings (SSSR count). The third kappa shape index (κ3) is 5.09. The van der Waals surface area contributed by atoms with E-state index in [2.05, 4.69) is 15.6 Å². The average Bonchev–Trinajstić information content (AvgIpc) is 3.01. The Bertz CT molecular complexity index is 454. The van der Waals surface area contributed by atoms with E-state index in [9.17, 15) is 4.79 Å². The van der Waals surface area contributed by atoms with Crippen molar-refractivity contribution in [2.24, 2.45) is 10.7 Å². The second-order valence-electron chi connectivity index (χ2n) is 4.24. The smallest absolute Gasteiger partial charge is 0.284 e. The van der Waals surface area contributed by atoms with Crippen molar-refractivity contribution in [3.63, 3.8) is 0 Å². The van der Waals surface area contributed by atoms with Crippen molar-refractivity contribution >= 4 is 35.8 Å². The van der Waals surface area contributed by atoms with Crippen LogP contribution < -0.4 is 16.4 Å². The lowest BCUT2D eigenvalue weighted by atomic mass is 10.4. The lowest BCUT2D eigenvalue weighted by Gasteiger charge is -2.09. The normalized spacial score (nSPS) is 14.7. The fourth-order valence-corrected chi connectivity index (χ4v) is 1.49. The van der Waals surface area contributed by atoms with Crippen LogP contribution in [0.4, 0.5) is 0 Å². The number of halogens is 1. The number of hydrogen-bond acceptors (Lipinski definition) is 3. The van der Waals surface area contributed by atoms with E-state index in [-0.39, 0.29) is 29.7 Å². The van der Waals surface area contributed by atoms with Crippen LogP contribution in [0.3, 0.4) is 0 Å². The first-order valence-corrected chi connectivity index (χ1v) is 6.12. The quantitative estimate of drug-likeness (QED) is 0.408. The van der Waals surface area contributed by atoms with Crippen LogP contribution in [0.2, 0.25) is 0 Å². The Morgan fingerprint density at radius 2 is 2.26 bits per heavy atom. The second kappa shape index (κ2) is 7.37. The van der Waals surface area contributed by atoms with Crippen LogP contribution in [0.5, 0.6) is 0 Å². The van der Waals surface area contributed by atoms with Crippen LogP contribution >= 0.6 is 24.0 Å². The predicted octanol–water partition coefficient (Wildman–Crippen LogP) is 1.21. The summed E-state index contributed by atoms with van der Waals surface area (Å²) in [6.45, 7) is 3.21. The molecule has 0 aliphatic heterocycles. The summed E-state index contributed by atoms with van der Waals surface area (Å²) in [6, 6.07) is 3.82. The van der Waals surface area contributed by atoms with E-state index in [0.717, 1.165) is 12.5 Å². The lowest BCUT2D eigenvalue weighted by molar-refractivity contribution is 0.0972. The summed E-state index contributed by atoms with van der Waals surface area (Å²) < 4.78 is 5.26. The van der Waals surface area contributed by atoms with Crippen molar-refractivity contribution in [1.82, 2.24) is 10.6 Å². The number of hydrogen-bond donors (Lipinski definition) is 3. The fraction of sp³-hybridized carbons (Fsp3) is 0.500. The Labute approximate surface area is 129 Å². The van der Waals surface area contributed by atoms with Gasteiger partial charge in [-0.15, -0.1) is 24.0 Å². The molecule has 106 valence electrons. The van der Waals surface area contributed by atoms with Crippen molar-refractivity contribution in [3.8, 4) is 0 Å². The summed E-state index contributed by atoms with van der Waals surface area (Å²) in [5.41, 5.74) is 5.11. The Morgan fingerprint density at radius 1 is 1.53 bits per heavy atom. The van der Waals surface area contributed by atoms with Gasteiger partial charge in [-0.05, 0) is 31.9 Å². The van der Waals surface area contributed by atoms with Gasteiger partial charge in [0, 0.05) is 12.6 Å². The second-order valence-corrected chi connectivity index (χ2v) is 4.24. The number of carbonyl (C=O) groups excluding carboxylic acids is 1. The number of nitrogens with two attached hydrogens (primary N) is 1. The Kier molecular flexibility index (Phi) is 6.13. The molecule has 0 saturated heterocycles. The molecule has 1 aromatic heterocycles. The number of guanidine groups is 1. The average molecular weight is 378 g/mol. The molecule has 6 nitrogen and oxygen atoms in total. The number of aliphatic imine (C=N–C) groups is 1. The van der Waals surface area contributed by atoms with E-state index in [4.69, 9.17) is 10.2 Å². The first-order valence-electron chi connectivity index (χ1n) is 6.12. The van der Waals surface area contributed by atoms with Gasteiger partial charge >= 0.3 is 0 Å². The van der Waals surface area contributed by atoms with Crippen LogP contribution in [-0.2, 0) is 6.54 Å². The highest BCUT2D eigenvalue weighted by Crippen LogP contribution is 2.18. The minimum atomic E-state index is -0.562. The highest BCUT2D eigenvalue weighted by molar-refractivity contribution is 14.0. The van der Waals surface area contributed by atoms with Gasteiger partial charge < -0.3 is 20.8 Å². The molecular weight excluding hydrogens is 359 g/mol. The monoisotopic (exact) mass is 378 g/mol. The molecule has 1 heterocycles. The van der Waals surface area contributed by atoms with Crippen molar-refractivity contribution in [1.29, 1.82) is 0 Å². The first kappa shape index (κ1) is 15.8. The van der Waals surface area contributed by atoms with Gasteiger partial charge in [-0.1, -0.05) is 0 Å². The molecule has 1 saturated carbocycles. The lowest BCUT2D eigenvalue weighted by Crippen LogP contribution is -2.38. The molecule has 0 aromatic carbocycles. The van der Waals surface area contributed by atoms with Gasteiger partial charge in [-0.25, -0.2) is 4.99 Å². The predicted molar refractivity (Wildman–Crippen MR) is 83.6 cm³/mol. The van der Waals surface area contributed by atoms with Gasteiger partial charge in [0.25, 0.3) is 5.91 Å². The van der Waals surface area contributed by atoms with Crippen LogP contribution in [0, 0.1) is 0 Å². The number of carbonyl (C=O) groups is 1. The molecule has 1 aromatic rings. The largest absolute Gasteiger partial charge is 0.454 e. The molecule has 4 N–H and O–H groups in total. The Hall–Kier alpha value is -1.25. The van der Waals surface area contributed by atoms with Gasteiger partial charge in [0.05, 0.1) is 0 Å². The van der Waals surface area contributed by atoms with Crippen LogP contribution in [0.1, 0.15) is 36.1 Å². The number of furan rings is 1. The Balaban J connectivity index is 0.00000180. The molecule has 0 bridgehead atoms. The van der Waals surface area contributed by atoms with Gasteiger partial charge in [0.1, 0.15) is 12.3 Å². The van der Waals surface area contributed by atoms with Gasteiger partial charge in [-0.2, -0.15) is 0 Å². The zero-order chi connectivity index (χ0) is 13.0. The molecule has 1 aliphatic carbocycles. The van der Waals surface area contributed by atoms with E-state index >= 15 is 0 Å². The van der Waals surface area contributed by atoms with Gasteiger partial charge in [0.15, 0.2) is 11.7 Å². The van der Waals surface area contributed by atoms with Crippen molar-refractivity contribution < 1.29 is 9.21 Å². The van der Waals surface area contributed by atoms with E-state index in [1.54, 1.807) is 12.1 Å². The fourth-order valence-electron chi connectivity index (χ4n) is 1.49. The molecule has 0 unspecified atom stereocenters. The van der Waals surface area contributed by atoms with Crippen molar-refractivity contribution in [3.05, 3.63) is 23.7 Å². The molecule has 0 atom stereocenters. The zero-order valence-electron chi connectivity index (χ0n) is 10.8. The van der Waals surface area contributed by atoms with E-state index in [1.807, 2.05) is 6.92 Å². The molecule has 0 radical (unpaired) electrons. The number of rotatable bonds is 5. The summed E-state index contributed by atoms with van der Waals surface area (Å²) in [5, 5.41) is 6.46. The number of nitrogens with zero attached hydrogens (tertiary/aromatic N) is 1. The topological polar surface area (TPSA) is 92.6 Å². The van der Waals surface area contributed by atoms with Crippen molar-refractivity contribution in [2.45, 2.75) is 32.4 Å². The van der Waals surface area contributed by atoms with Gasteiger partial charge in [0.2, 0.25) is 0 Å². The standard InChI is InChI=1S/C12H18N4O2.HI/c1-2-14-12(16-8-3-4-8)15-7-9-5-6-10(18-9)11(13)17;/h5-6,8H,2-4,7H2,1H3,(H2,13,17)(H2,14,15,16);1H. The molecule has 1 aliphatic rings. The van der Waals surface area contributed by atoms with E-state index in [1.165, 1.54) is 12.8 Å². The highest BCUT2D eigenvalue weighted by Gasteiger charge is 2.22. The first-order chi connectivity index (χ1) is 8.69. The maximum Gasteiger partial charge on any atom is 0.284 e. The van der Waals surface area contributed by atoms with Crippen LogP contribution in [0.25, 0.3) is 0 Å². The summed E-state index contributed by atoms with van der Waals surface area (Å²) in [5.74, 6) is 1.00. The minimum absolute atomic E-state index is 0. The summed E-state index contributed by atoms with van der Waals surface area (Å²) >= 11 is 0. The Morgan fingerprint density at radius 3 is 2.79 bits per heavy atom. The summed E-state index contributed by atoms with van der Waals surface area (Å²) in [4.78, 5) is 15.3. The molecule has 0 spiro atoms. The van der Waals surface area contributed by atoms with Crippen LogP contribution in [-0.4, -0.2) is 24.5 Å². The maximum atomic E-state index is 10.9. The third-order valence-corrected chi connectivity index (χ3v) is 2.56. The van der Waals surface area contributed by atoms with Gasteiger partial charge in [-0.3, -0.25) is 4.79 Å². The number of amides is 1. The van der Waals surface area contributed by atoms with Crippen molar-refractivity contribution in [2.75, 3.05) is 6.54 Å². The molecule has 19 heavy (non-hydrogen) atoms. The molecule has 7 heteroatoms. The minimum Gasteiger partial charge on any atom is -0.454 e. The summed E-state index contributed by atoms with van der Waals surface area (Å²) in [7, 11) is 0. The molecular formula is C12H19IN4O2. The SMILES string of the molecule is CCNC(=NCc1ccc(C(N)=O)o1)NC1CC1.I. The molecule has 1 amide bonds. The number of nitrogens with one attached hydrogen (secondary N) is 2. The third-order valence-electron chi connectivity index (χ3n) is 2.56. The molecule has 1 fully saturated rings. The number of primary amides is 1.